The van der Waals surface area contributed by atoms with Crippen molar-refractivity contribution in [3.63, 3.8) is 0 Å². The molecule has 18 heavy (non-hydrogen) atoms. The van der Waals surface area contributed by atoms with E-state index in [1.165, 1.54) is 38.5 Å². The molecule has 1 saturated carbocycles. The summed E-state index contributed by atoms with van der Waals surface area (Å²) in [5, 5.41) is 4.64. The molecule has 1 aliphatic carbocycles. The summed E-state index contributed by atoms with van der Waals surface area (Å²) in [6.45, 7) is 4.34. The molecular weight excluding hydrogens is 226 g/mol. The van der Waals surface area contributed by atoms with Crippen LogP contribution in [0.4, 0.5) is 11.9 Å². The standard InChI is InChI=1S/C13H23N5/c1-10(11-6-7-11)18-12(14)15-13(16-18)17-8-4-2-3-5-9-17/h10-11H,2-9H2,1H3,(H2,14,15,16). The summed E-state index contributed by atoms with van der Waals surface area (Å²) in [7, 11) is 0. The summed E-state index contributed by atoms with van der Waals surface area (Å²) in [6, 6.07) is 0.401. The third kappa shape index (κ3) is 2.31. The molecule has 1 saturated heterocycles. The van der Waals surface area contributed by atoms with Crippen molar-refractivity contribution in [3.05, 3.63) is 0 Å². The Hall–Kier alpha value is -1.26. The number of nitrogen functional groups attached to an aromatic ring is 1. The van der Waals surface area contributed by atoms with Gasteiger partial charge in [-0.2, -0.15) is 4.98 Å². The van der Waals surface area contributed by atoms with E-state index in [1.807, 2.05) is 4.68 Å². The van der Waals surface area contributed by atoms with Gasteiger partial charge in [-0.15, -0.1) is 5.10 Å². The Morgan fingerprint density at radius 1 is 1.17 bits per heavy atom. The Labute approximate surface area is 108 Å². The van der Waals surface area contributed by atoms with Crippen molar-refractivity contribution in [2.45, 2.75) is 51.5 Å². The highest BCUT2D eigenvalue weighted by molar-refractivity contribution is 5.35. The number of hydrogen-bond acceptors (Lipinski definition) is 4. The molecule has 1 aliphatic heterocycles. The van der Waals surface area contributed by atoms with Crippen molar-refractivity contribution in [1.29, 1.82) is 0 Å². The Morgan fingerprint density at radius 3 is 2.44 bits per heavy atom. The summed E-state index contributed by atoms with van der Waals surface area (Å²) >= 11 is 0. The molecule has 0 radical (unpaired) electrons. The molecule has 3 rings (SSSR count). The van der Waals surface area contributed by atoms with Gasteiger partial charge >= 0.3 is 0 Å². The zero-order chi connectivity index (χ0) is 12.5. The molecule has 1 unspecified atom stereocenters. The number of nitrogens with two attached hydrogens (primary N) is 1. The molecule has 5 nitrogen and oxygen atoms in total. The molecule has 0 aromatic carbocycles. The normalized spacial score (nSPS) is 22.8. The average molecular weight is 249 g/mol. The third-order valence-corrected chi connectivity index (χ3v) is 4.23. The van der Waals surface area contributed by atoms with Crippen molar-refractivity contribution in [2.75, 3.05) is 23.7 Å². The summed E-state index contributed by atoms with van der Waals surface area (Å²) in [5.41, 5.74) is 6.02. The average Bonchev–Trinajstić information content (AvgIpc) is 3.16. The van der Waals surface area contributed by atoms with Crippen molar-refractivity contribution >= 4 is 11.9 Å². The fourth-order valence-corrected chi connectivity index (χ4v) is 2.81. The molecular formula is C13H23N5. The van der Waals surface area contributed by atoms with Crippen LogP contribution in [-0.4, -0.2) is 27.9 Å². The van der Waals surface area contributed by atoms with Crippen LogP contribution in [0, 0.1) is 5.92 Å². The first-order valence-electron chi connectivity index (χ1n) is 7.22. The van der Waals surface area contributed by atoms with E-state index in [1.54, 1.807) is 0 Å². The second kappa shape index (κ2) is 4.78. The Bertz CT molecular complexity index is 402. The minimum Gasteiger partial charge on any atom is -0.368 e. The van der Waals surface area contributed by atoms with Gasteiger partial charge in [-0.05, 0) is 38.5 Å². The molecule has 5 heteroatoms. The minimum absolute atomic E-state index is 0.401. The van der Waals surface area contributed by atoms with Crippen molar-refractivity contribution in [3.8, 4) is 0 Å². The summed E-state index contributed by atoms with van der Waals surface area (Å²) in [5.74, 6) is 2.17. The van der Waals surface area contributed by atoms with Gasteiger partial charge in [0.2, 0.25) is 11.9 Å². The smallest absolute Gasteiger partial charge is 0.246 e. The van der Waals surface area contributed by atoms with Crippen molar-refractivity contribution in [1.82, 2.24) is 14.8 Å². The van der Waals surface area contributed by atoms with E-state index in [0.717, 1.165) is 25.0 Å². The lowest BCUT2D eigenvalue weighted by Gasteiger charge is -2.17. The highest BCUT2D eigenvalue weighted by atomic mass is 15.5. The maximum atomic E-state index is 6.02. The first-order chi connectivity index (χ1) is 8.75. The second-order valence-electron chi connectivity index (χ2n) is 5.69. The quantitative estimate of drug-likeness (QED) is 0.892. The number of rotatable bonds is 3. The lowest BCUT2D eigenvalue weighted by Crippen LogP contribution is -2.25. The fourth-order valence-electron chi connectivity index (χ4n) is 2.81. The van der Waals surface area contributed by atoms with Crippen LogP contribution >= 0.6 is 0 Å². The summed E-state index contributed by atoms with van der Waals surface area (Å²) in [4.78, 5) is 6.75. The Morgan fingerprint density at radius 2 is 1.83 bits per heavy atom. The van der Waals surface area contributed by atoms with E-state index >= 15 is 0 Å². The number of nitrogens with zero attached hydrogens (tertiary/aromatic N) is 4. The number of anilines is 2. The van der Waals surface area contributed by atoms with Gasteiger partial charge in [-0.3, -0.25) is 0 Å². The lowest BCUT2D eigenvalue weighted by molar-refractivity contribution is 0.445. The van der Waals surface area contributed by atoms with Crippen LogP contribution in [0.15, 0.2) is 0 Å². The van der Waals surface area contributed by atoms with Gasteiger partial charge in [0.1, 0.15) is 0 Å². The van der Waals surface area contributed by atoms with E-state index in [-0.39, 0.29) is 0 Å². The van der Waals surface area contributed by atoms with Crippen LogP contribution in [-0.2, 0) is 0 Å². The SMILES string of the molecule is CC(C1CC1)n1nc(N2CCCCCC2)nc1N. The van der Waals surface area contributed by atoms with Gasteiger partial charge < -0.3 is 10.6 Å². The van der Waals surface area contributed by atoms with Crippen LogP contribution in [0.1, 0.15) is 51.5 Å². The molecule has 0 bridgehead atoms. The maximum Gasteiger partial charge on any atom is 0.246 e. The summed E-state index contributed by atoms with van der Waals surface area (Å²) < 4.78 is 1.93. The van der Waals surface area contributed by atoms with Crippen molar-refractivity contribution < 1.29 is 0 Å². The zero-order valence-corrected chi connectivity index (χ0v) is 11.2. The first-order valence-corrected chi connectivity index (χ1v) is 7.22. The van der Waals surface area contributed by atoms with Gasteiger partial charge in [0.25, 0.3) is 0 Å². The Balaban J connectivity index is 1.77. The topological polar surface area (TPSA) is 60.0 Å². The molecule has 1 aromatic heterocycles. The lowest BCUT2D eigenvalue weighted by atomic mass is 10.2. The van der Waals surface area contributed by atoms with Crippen LogP contribution in [0.2, 0.25) is 0 Å². The van der Waals surface area contributed by atoms with E-state index in [9.17, 15) is 0 Å². The molecule has 0 amide bonds. The molecule has 100 valence electrons. The highest BCUT2D eigenvalue weighted by Gasteiger charge is 2.31. The predicted octanol–water partition coefficient (Wildman–Crippen LogP) is 2.21. The van der Waals surface area contributed by atoms with E-state index in [0.29, 0.717) is 12.0 Å². The molecule has 1 aromatic rings. The molecule has 2 fully saturated rings. The van der Waals surface area contributed by atoms with Gasteiger partial charge in [-0.25, -0.2) is 4.68 Å². The third-order valence-electron chi connectivity index (χ3n) is 4.23. The van der Waals surface area contributed by atoms with Gasteiger partial charge in [-0.1, -0.05) is 12.8 Å². The zero-order valence-electron chi connectivity index (χ0n) is 11.2. The second-order valence-corrected chi connectivity index (χ2v) is 5.69. The van der Waals surface area contributed by atoms with Crippen LogP contribution in [0.3, 0.4) is 0 Å². The highest BCUT2D eigenvalue weighted by Crippen LogP contribution is 2.40. The predicted molar refractivity (Wildman–Crippen MR) is 72.6 cm³/mol. The van der Waals surface area contributed by atoms with Crippen molar-refractivity contribution in [2.24, 2.45) is 5.92 Å². The Kier molecular flexibility index (Phi) is 3.14. The number of aromatic nitrogens is 3. The molecule has 2 aliphatic rings. The van der Waals surface area contributed by atoms with Gasteiger partial charge in [0.15, 0.2) is 0 Å². The summed E-state index contributed by atoms with van der Waals surface area (Å²) in [6.07, 6.45) is 7.74. The largest absolute Gasteiger partial charge is 0.368 e. The van der Waals surface area contributed by atoms with Gasteiger partial charge in [0, 0.05) is 13.1 Å². The molecule has 1 atom stereocenters. The first kappa shape index (κ1) is 11.8. The van der Waals surface area contributed by atoms with Crippen LogP contribution in [0.25, 0.3) is 0 Å². The fraction of sp³-hybridized carbons (Fsp3) is 0.846. The monoisotopic (exact) mass is 249 g/mol. The minimum atomic E-state index is 0.401. The molecule has 2 N–H and O–H groups in total. The molecule has 0 spiro atoms. The van der Waals surface area contributed by atoms with E-state index < -0.39 is 0 Å². The van der Waals surface area contributed by atoms with Gasteiger partial charge in [0.05, 0.1) is 6.04 Å². The van der Waals surface area contributed by atoms with Crippen LogP contribution in [0.5, 0.6) is 0 Å². The van der Waals surface area contributed by atoms with E-state index in [2.05, 4.69) is 21.9 Å². The maximum absolute atomic E-state index is 6.02. The van der Waals surface area contributed by atoms with E-state index in [4.69, 9.17) is 5.73 Å². The molecule has 2 heterocycles. The van der Waals surface area contributed by atoms with Crippen LogP contribution < -0.4 is 10.6 Å². The number of hydrogen-bond donors (Lipinski definition) is 1.